The van der Waals surface area contributed by atoms with E-state index in [1.54, 1.807) is 12.1 Å². The van der Waals surface area contributed by atoms with Crippen molar-refractivity contribution in [3.8, 4) is 0 Å². The number of rotatable bonds is 1. The van der Waals surface area contributed by atoms with E-state index in [-0.39, 0.29) is 11.7 Å². The zero-order valence-electron chi connectivity index (χ0n) is 7.37. The van der Waals surface area contributed by atoms with Crippen molar-refractivity contribution in [3.05, 3.63) is 30.1 Å². The minimum atomic E-state index is -0.314. The fraction of sp³-hybridized carbons (Fsp3) is 0.200. The molecule has 1 aliphatic heterocycles. The monoisotopic (exact) mass is 209 g/mol. The van der Waals surface area contributed by atoms with Crippen LogP contribution in [0.4, 0.5) is 10.1 Å². The van der Waals surface area contributed by atoms with E-state index in [0.717, 1.165) is 0 Å². The zero-order valence-corrected chi connectivity index (χ0v) is 8.18. The van der Waals surface area contributed by atoms with E-state index in [1.807, 2.05) is 0 Å². The van der Waals surface area contributed by atoms with Crippen molar-refractivity contribution in [1.82, 2.24) is 0 Å². The topological polar surface area (TPSA) is 20.3 Å². The van der Waals surface area contributed by atoms with E-state index in [2.05, 4.69) is 0 Å². The summed E-state index contributed by atoms with van der Waals surface area (Å²) in [6.45, 7) is 0. The van der Waals surface area contributed by atoms with Crippen LogP contribution in [0.25, 0.3) is 0 Å². The van der Waals surface area contributed by atoms with Gasteiger partial charge in [-0.05, 0) is 24.3 Å². The minimum absolute atomic E-state index is 0.0124. The number of carbonyl (C=O) groups excluding carboxylic acids is 1. The van der Waals surface area contributed by atoms with Gasteiger partial charge in [-0.25, -0.2) is 4.39 Å². The molecule has 1 saturated heterocycles. The largest absolute Gasteiger partial charge is 0.275 e. The highest BCUT2D eigenvalue weighted by Crippen LogP contribution is 2.23. The van der Waals surface area contributed by atoms with Crippen LogP contribution in [0.2, 0.25) is 0 Å². The van der Waals surface area contributed by atoms with Gasteiger partial charge in [0.05, 0.1) is 4.99 Å². The lowest BCUT2D eigenvalue weighted by Crippen LogP contribution is -2.27. The molecular formula is C10H8FNOS. The number of nitrogens with zero attached hydrogens (tertiary/aromatic N) is 1. The first-order valence-electron chi connectivity index (χ1n) is 4.30. The van der Waals surface area contributed by atoms with Crippen molar-refractivity contribution in [3.63, 3.8) is 0 Å². The van der Waals surface area contributed by atoms with Crippen molar-refractivity contribution in [2.24, 2.45) is 0 Å². The summed E-state index contributed by atoms with van der Waals surface area (Å²) in [4.78, 5) is 13.5. The summed E-state index contributed by atoms with van der Waals surface area (Å²) in [6, 6.07) is 5.77. The third-order valence-corrected chi connectivity index (χ3v) is 2.52. The standard InChI is InChI=1S/C10H8FNOS/c11-7-1-3-8(4-2-7)12-9(13)5-6-10(12)14/h1-4H,5-6H2. The van der Waals surface area contributed by atoms with E-state index in [0.29, 0.717) is 23.5 Å². The molecule has 1 aromatic carbocycles. The highest BCUT2D eigenvalue weighted by molar-refractivity contribution is 7.80. The van der Waals surface area contributed by atoms with Crippen molar-refractivity contribution >= 4 is 28.8 Å². The Bertz CT molecular complexity index is 372. The molecule has 0 aliphatic carbocycles. The fourth-order valence-electron chi connectivity index (χ4n) is 1.45. The van der Waals surface area contributed by atoms with E-state index >= 15 is 0 Å². The zero-order chi connectivity index (χ0) is 10.1. The molecule has 0 N–H and O–H groups in total. The average Bonchev–Trinajstić information content (AvgIpc) is 2.49. The van der Waals surface area contributed by atoms with E-state index in [1.165, 1.54) is 17.0 Å². The molecule has 1 fully saturated rings. The lowest BCUT2D eigenvalue weighted by Gasteiger charge is -2.15. The summed E-state index contributed by atoms with van der Waals surface area (Å²) < 4.78 is 12.6. The number of hydrogen-bond acceptors (Lipinski definition) is 2. The lowest BCUT2D eigenvalue weighted by molar-refractivity contribution is -0.116. The summed E-state index contributed by atoms with van der Waals surface area (Å²) in [5.74, 6) is -0.326. The van der Waals surface area contributed by atoms with Crippen LogP contribution in [0.15, 0.2) is 24.3 Å². The van der Waals surface area contributed by atoms with Crippen molar-refractivity contribution < 1.29 is 9.18 Å². The quantitative estimate of drug-likeness (QED) is 0.661. The number of thiocarbonyl (C=S) groups is 1. The Morgan fingerprint density at radius 2 is 1.86 bits per heavy atom. The van der Waals surface area contributed by atoms with Gasteiger partial charge in [-0.2, -0.15) is 0 Å². The molecule has 0 saturated carbocycles. The third kappa shape index (κ3) is 1.53. The molecule has 0 bridgehead atoms. The number of carbonyl (C=O) groups is 1. The summed E-state index contributed by atoms with van der Waals surface area (Å²) >= 11 is 5.04. The van der Waals surface area contributed by atoms with Crippen LogP contribution in [0, 0.1) is 5.82 Å². The van der Waals surface area contributed by atoms with Gasteiger partial charge < -0.3 is 0 Å². The third-order valence-electron chi connectivity index (χ3n) is 2.14. The molecule has 1 heterocycles. The van der Waals surface area contributed by atoms with Gasteiger partial charge in [0.15, 0.2) is 0 Å². The Labute approximate surface area is 86.3 Å². The second-order valence-electron chi connectivity index (χ2n) is 3.10. The highest BCUT2D eigenvalue weighted by atomic mass is 32.1. The number of halogens is 1. The summed E-state index contributed by atoms with van der Waals surface area (Å²) in [5.41, 5.74) is 0.652. The lowest BCUT2D eigenvalue weighted by atomic mass is 10.3. The van der Waals surface area contributed by atoms with Gasteiger partial charge >= 0.3 is 0 Å². The van der Waals surface area contributed by atoms with Crippen molar-refractivity contribution in [2.75, 3.05) is 4.90 Å². The summed E-state index contributed by atoms with van der Waals surface area (Å²) in [7, 11) is 0. The predicted molar refractivity (Wildman–Crippen MR) is 55.7 cm³/mol. The molecule has 1 amide bonds. The first kappa shape index (κ1) is 9.27. The smallest absolute Gasteiger partial charge is 0.232 e. The fourth-order valence-corrected chi connectivity index (χ4v) is 1.76. The average molecular weight is 209 g/mol. The first-order valence-corrected chi connectivity index (χ1v) is 4.70. The van der Waals surface area contributed by atoms with Gasteiger partial charge in [-0.1, -0.05) is 12.2 Å². The Hall–Kier alpha value is -1.29. The number of benzene rings is 1. The normalized spacial score (nSPS) is 16.5. The molecule has 1 aromatic rings. The summed E-state index contributed by atoms with van der Waals surface area (Å²) in [6.07, 6.45) is 1.07. The predicted octanol–water partition coefficient (Wildman–Crippen LogP) is 2.28. The van der Waals surface area contributed by atoms with Gasteiger partial charge in [-0.3, -0.25) is 9.69 Å². The van der Waals surface area contributed by atoms with Gasteiger partial charge in [-0.15, -0.1) is 0 Å². The molecule has 2 rings (SSSR count). The van der Waals surface area contributed by atoms with Gasteiger partial charge in [0.1, 0.15) is 5.82 Å². The maximum Gasteiger partial charge on any atom is 0.232 e. The van der Waals surface area contributed by atoms with Crippen LogP contribution in [0.5, 0.6) is 0 Å². The number of amides is 1. The Morgan fingerprint density at radius 1 is 1.21 bits per heavy atom. The number of anilines is 1. The Kier molecular flexibility index (Phi) is 2.29. The van der Waals surface area contributed by atoms with Gasteiger partial charge in [0, 0.05) is 18.5 Å². The van der Waals surface area contributed by atoms with E-state index in [9.17, 15) is 9.18 Å². The molecule has 0 spiro atoms. The highest BCUT2D eigenvalue weighted by Gasteiger charge is 2.26. The molecule has 0 radical (unpaired) electrons. The molecule has 0 atom stereocenters. The molecule has 4 heteroatoms. The second-order valence-corrected chi connectivity index (χ2v) is 3.57. The minimum Gasteiger partial charge on any atom is -0.275 e. The maximum atomic E-state index is 12.6. The molecule has 0 aromatic heterocycles. The first-order chi connectivity index (χ1) is 6.68. The van der Waals surface area contributed by atoms with Crippen LogP contribution in [-0.2, 0) is 4.79 Å². The molecule has 72 valence electrons. The van der Waals surface area contributed by atoms with Crippen LogP contribution >= 0.6 is 12.2 Å². The van der Waals surface area contributed by atoms with Crippen LogP contribution in [-0.4, -0.2) is 10.9 Å². The van der Waals surface area contributed by atoms with Crippen LogP contribution in [0.1, 0.15) is 12.8 Å². The molecular weight excluding hydrogens is 201 g/mol. The van der Waals surface area contributed by atoms with E-state index in [4.69, 9.17) is 12.2 Å². The Morgan fingerprint density at radius 3 is 2.36 bits per heavy atom. The summed E-state index contributed by atoms with van der Waals surface area (Å²) in [5, 5.41) is 0. The van der Waals surface area contributed by atoms with Crippen molar-refractivity contribution in [2.45, 2.75) is 12.8 Å². The SMILES string of the molecule is O=C1CCC(=S)N1c1ccc(F)cc1. The van der Waals surface area contributed by atoms with Gasteiger partial charge in [0.2, 0.25) is 5.91 Å². The Balaban J connectivity index is 2.34. The van der Waals surface area contributed by atoms with Crippen molar-refractivity contribution in [1.29, 1.82) is 0 Å². The van der Waals surface area contributed by atoms with Crippen LogP contribution in [0.3, 0.4) is 0 Å². The maximum absolute atomic E-state index is 12.6. The van der Waals surface area contributed by atoms with E-state index < -0.39 is 0 Å². The molecule has 2 nitrogen and oxygen atoms in total. The number of hydrogen-bond donors (Lipinski definition) is 0. The molecule has 14 heavy (non-hydrogen) atoms. The second kappa shape index (κ2) is 3.46. The van der Waals surface area contributed by atoms with Gasteiger partial charge in [0.25, 0.3) is 0 Å². The molecule has 0 unspecified atom stereocenters. The molecule has 1 aliphatic rings. The van der Waals surface area contributed by atoms with Crippen LogP contribution < -0.4 is 4.90 Å².